The fourth-order valence-electron chi connectivity index (χ4n) is 2.49. The molecule has 2 aromatic rings. The number of halogens is 1. The topological polar surface area (TPSA) is 21.3 Å². The van der Waals surface area contributed by atoms with Gasteiger partial charge in [0.05, 0.1) is 0 Å². The second-order valence-electron chi connectivity index (χ2n) is 5.27. The molecule has 1 unspecified atom stereocenters. The molecule has 0 spiro atoms. The van der Waals surface area contributed by atoms with Crippen LogP contribution in [0, 0.1) is 6.92 Å². The van der Waals surface area contributed by atoms with Crippen LogP contribution in [0.5, 0.6) is 5.75 Å². The minimum Gasteiger partial charge on any atom is -0.488 e. The summed E-state index contributed by atoms with van der Waals surface area (Å²) in [7, 11) is 0. The molecule has 1 aliphatic heterocycles. The zero-order valence-electron chi connectivity index (χ0n) is 11.5. The third kappa shape index (κ3) is 3.05. The number of ether oxygens (including phenoxy) is 1. The number of para-hydroxylation sites is 1. The van der Waals surface area contributed by atoms with E-state index in [1.807, 2.05) is 12.1 Å². The maximum atomic E-state index is 5.92. The molecule has 2 nitrogen and oxygen atoms in total. The van der Waals surface area contributed by atoms with Crippen LogP contribution in [-0.4, -0.2) is 12.6 Å². The molecule has 3 rings (SSSR count). The van der Waals surface area contributed by atoms with Crippen LogP contribution in [0.2, 0.25) is 0 Å². The molecule has 1 N–H and O–H groups in total. The summed E-state index contributed by atoms with van der Waals surface area (Å²) >= 11 is 3.57. The Labute approximate surface area is 128 Å². The molecule has 20 heavy (non-hydrogen) atoms. The molecule has 1 atom stereocenters. The lowest BCUT2D eigenvalue weighted by atomic mass is 10.1. The highest BCUT2D eigenvalue weighted by molar-refractivity contribution is 9.10. The van der Waals surface area contributed by atoms with Crippen molar-refractivity contribution in [1.29, 1.82) is 0 Å². The Morgan fingerprint density at radius 3 is 2.90 bits per heavy atom. The highest BCUT2D eigenvalue weighted by atomic mass is 79.9. The van der Waals surface area contributed by atoms with Crippen molar-refractivity contribution in [3.63, 3.8) is 0 Å². The Morgan fingerprint density at radius 1 is 1.25 bits per heavy atom. The standard InChI is InChI=1S/C17H18BrNO/c1-12-6-7-13(8-16(12)18)10-19-11-15-9-14-4-2-3-5-17(14)20-15/h2-8,15,19H,9-11H2,1H3. The number of fused-ring (bicyclic) bond motifs is 1. The van der Waals surface area contributed by atoms with Gasteiger partial charge >= 0.3 is 0 Å². The molecule has 0 radical (unpaired) electrons. The van der Waals surface area contributed by atoms with Crippen LogP contribution in [0.15, 0.2) is 46.9 Å². The number of nitrogens with one attached hydrogen (secondary N) is 1. The van der Waals surface area contributed by atoms with Gasteiger partial charge in [-0.2, -0.15) is 0 Å². The highest BCUT2D eigenvalue weighted by Gasteiger charge is 2.21. The Balaban J connectivity index is 1.51. The number of aryl methyl sites for hydroxylation is 1. The van der Waals surface area contributed by atoms with Crippen LogP contribution in [0.4, 0.5) is 0 Å². The summed E-state index contributed by atoms with van der Waals surface area (Å²) in [5.74, 6) is 1.04. The third-order valence-electron chi connectivity index (χ3n) is 3.65. The summed E-state index contributed by atoms with van der Waals surface area (Å²) < 4.78 is 7.08. The predicted octanol–water partition coefficient (Wildman–Crippen LogP) is 3.85. The second-order valence-corrected chi connectivity index (χ2v) is 6.12. The molecular weight excluding hydrogens is 314 g/mol. The Morgan fingerprint density at radius 2 is 2.10 bits per heavy atom. The van der Waals surface area contributed by atoms with E-state index in [0.29, 0.717) is 0 Å². The molecule has 0 amide bonds. The Hall–Kier alpha value is -1.32. The molecule has 0 saturated heterocycles. The lowest BCUT2D eigenvalue weighted by Gasteiger charge is -2.12. The zero-order valence-corrected chi connectivity index (χ0v) is 13.1. The monoisotopic (exact) mass is 331 g/mol. The average Bonchev–Trinajstić information content (AvgIpc) is 2.85. The minimum absolute atomic E-state index is 0.251. The summed E-state index contributed by atoms with van der Waals surface area (Å²) in [6, 6.07) is 14.8. The van der Waals surface area contributed by atoms with E-state index in [9.17, 15) is 0 Å². The van der Waals surface area contributed by atoms with E-state index >= 15 is 0 Å². The molecule has 1 heterocycles. The fraction of sp³-hybridized carbons (Fsp3) is 0.294. The normalized spacial score (nSPS) is 16.8. The van der Waals surface area contributed by atoms with Crippen LogP contribution < -0.4 is 10.1 Å². The van der Waals surface area contributed by atoms with E-state index in [4.69, 9.17) is 4.74 Å². The summed E-state index contributed by atoms with van der Waals surface area (Å²) in [5, 5.41) is 3.48. The number of hydrogen-bond donors (Lipinski definition) is 1. The predicted molar refractivity (Wildman–Crippen MR) is 85.1 cm³/mol. The van der Waals surface area contributed by atoms with Crippen molar-refractivity contribution in [3.05, 3.63) is 63.6 Å². The van der Waals surface area contributed by atoms with Crippen molar-refractivity contribution in [2.24, 2.45) is 0 Å². The quantitative estimate of drug-likeness (QED) is 0.918. The highest BCUT2D eigenvalue weighted by Crippen LogP contribution is 2.27. The molecular formula is C17H18BrNO. The largest absolute Gasteiger partial charge is 0.488 e. The van der Waals surface area contributed by atoms with Crippen LogP contribution in [0.25, 0.3) is 0 Å². The van der Waals surface area contributed by atoms with Crippen LogP contribution in [0.1, 0.15) is 16.7 Å². The van der Waals surface area contributed by atoms with E-state index in [1.165, 1.54) is 21.2 Å². The number of hydrogen-bond acceptors (Lipinski definition) is 2. The molecule has 0 saturated carbocycles. The molecule has 0 aliphatic carbocycles. The van der Waals surface area contributed by atoms with E-state index in [2.05, 4.69) is 58.5 Å². The smallest absolute Gasteiger partial charge is 0.123 e. The fourth-order valence-corrected chi connectivity index (χ4v) is 2.92. The van der Waals surface area contributed by atoms with Crippen LogP contribution in [-0.2, 0) is 13.0 Å². The second kappa shape index (κ2) is 5.98. The van der Waals surface area contributed by atoms with E-state index in [1.54, 1.807) is 0 Å². The lowest BCUT2D eigenvalue weighted by Crippen LogP contribution is -2.29. The minimum atomic E-state index is 0.251. The Kier molecular flexibility index (Phi) is 4.08. The van der Waals surface area contributed by atoms with Gasteiger partial charge in [-0.1, -0.05) is 46.3 Å². The Bertz CT molecular complexity index is 587. The van der Waals surface area contributed by atoms with Crippen molar-refractivity contribution >= 4 is 15.9 Å². The van der Waals surface area contributed by atoms with E-state index in [0.717, 1.165) is 25.3 Å². The van der Waals surface area contributed by atoms with Crippen LogP contribution >= 0.6 is 15.9 Å². The first-order chi connectivity index (χ1) is 9.72. The summed E-state index contributed by atoms with van der Waals surface area (Å²) in [6.45, 7) is 3.85. The van der Waals surface area contributed by atoms with Crippen LogP contribution in [0.3, 0.4) is 0 Å². The summed E-state index contributed by atoms with van der Waals surface area (Å²) in [4.78, 5) is 0. The van der Waals surface area contributed by atoms with Gasteiger partial charge in [0.15, 0.2) is 0 Å². The van der Waals surface area contributed by atoms with Gasteiger partial charge in [0.1, 0.15) is 11.9 Å². The molecule has 2 aromatic carbocycles. The molecule has 0 bridgehead atoms. The molecule has 1 aliphatic rings. The summed E-state index contributed by atoms with van der Waals surface area (Å²) in [5.41, 5.74) is 3.87. The van der Waals surface area contributed by atoms with Gasteiger partial charge in [-0.3, -0.25) is 0 Å². The first kappa shape index (κ1) is 13.7. The van der Waals surface area contributed by atoms with Gasteiger partial charge in [0.2, 0.25) is 0 Å². The number of benzene rings is 2. The van der Waals surface area contributed by atoms with Gasteiger partial charge in [0, 0.05) is 24.0 Å². The lowest BCUT2D eigenvalue weighted by molar-refractivity contribution is 0.227. The van der Waals surface area contributed by atoms with Crippen molar-refractivity contribution < 1.29 is 4.74 Å². The van der Waals surface area contributed by atoms with Gasteiger partial charge < -0.3 is 10.1 Å². The van der Waals surface area contributed by atoms with Crippen molar-refractivity contribution in [3.8, 4) is 5.75 Å². The van der Waals surface area contributed by atoms with Gasteiger partial charge in [0.25, 0.3) is 0 Å². The molecule has 0 fully saturated rings. The first-order valence-corrected chi connectivity index (χ1v) is 7.72. The maximum absolute atomic E-state index is 5.92. The number of rotatable bonds is 4. The van der Waals surface area contributed by atoms with Crippen molar-refractivity contribution in [2.45, 2.75) is 26.0 Å². The molecule has 0 aromatic heterocycles. The van der Waals surface area contributed by atoms with Gasteiger partial charge in [-0.15, -0.1) is 0 Å². The maximum Gasteiger partial charge on any atom is 0.123 e. The third-order valence-corrected chi connectivity index (χ3v) is 4.51. The zero-order chi connectivity index (χ0) is 13.9. The molecule has 3 heteroatoms. The molecule has 104 valence electrons. The average molecular weight is 332 g/mol. The van der Waals surface area contributed by atoms with Crippen molar-refractivity contribution in [1.82, 2.24) is 5.32 Å². The first-order valence-electron chi connectivity index (χ1n) is 6.92. The SMILES string of the molecule is Cc1ccc(CNCC2Cc3ccccc3O2)cc1Br. The van der Waals surface area contributed by atoms with E-state index in [-0.39, 0.29) is 6.10 Å². The van der Waals surface area contributed by atoms with Gasteiger partial charge in [-0.05, 0) is 35.7 Å². The van der Waals surface area contributed by atoms with Gasteiger partial charge in [-0.25, -0.2) is 0 Å². The van der Waals surface area contributed by atoms with E-state index < -0.39 is 0 Å². The van der Waals surface area contributed by atoms with Crippen molar-refractivity contribution in [2.75, 3.05) is 6.54 Å². The summed E-state index contributed by atoms with van der Waals surface area (Å²) in [6.07, 6.45) is 1.25.